The van der Waals surface area contributed by atoms with Crippen LogP contribution in [0.25, 0.3) is 0 Å². The Morgan fingerprint density at radius 2 is 2.16 bits per heavy atom. The maximum atomic E-state index is 13.3. The average Bonchev–Trinajstić information content (AvgIpc) is 2.31. The number of sulfone groups is 1. The molecule has 1 amide bonds. The lowest BCUT2D eigenvalue weighted by Gasteiger charge is -2.33. The van der Waals surface area contributed by atoms with Crippen LogP contribution in [0.3, 0.4) is 0 Å². The smallest absolute Gasteiger partial charge is 0.254 e. The fraction of sp³-hybridized carbons (Fsp3) is 0.417. The van der Waals surface area contributed by atoms with Crippen molar-refractivity contribution in [1.29, 1.82) is 0 Å². The summed E-state index contributed by atoms with van der Waals surface area (Å²) in [6, 6.07) is 3.43. The van der Waals surface area contributed by atoms with Crippen LogP contribution in [0.5, 0.6) is 0 Å². The summed E-state index contributed by atoms with van der Waals surface area (Å²) in [6.45, 7) is 1.80. The molecule has 1 heterocycles. The second kappa shape index (κ2) is 4.80. The van der Waals surface area contributed by atoms with Gasteiger partial charge in [-0.1, -0.05) is 0 Å². The summed E-state index contributed by atoms with van der Waals surface area (Å²) >= 11 is 0. The van der Waals surface area contributed by atoms with Gasteiger partial charge in [-0.2, -0.15) is 0 Å². The van der Waals surface area contributed by atoms with E-state index >= 15 is 0 Å². The van der Waals surface area contributed by atoms with Crippen molar-refractivity contribution in [3.63, 3.8) is 0 Å². The van der Waals surface area contributed by atoms with Gasteiger partial charge in [0.15, 0.2) is 9.84 Å². The van der Waals surface area contributed by atoms with Crippen LogP contribution in [0.4, 0.5) is 10.1 Å². The van der Waals surface area contributed by atoms with Gasteiger partial charge in [0.1, 0.15) is 5.82 Å². The van der Waals surface area contributed by atoms with Crippen LogP contribution in [0.15, 0.2) is 18.2 Å². The number of halogens is 1. The first-order chi connectivity index (χ1) is 8.80. The highest BCUT2D eigenvalue weighted by molar-refractivity contribution is 7.91. The minimum Gasteiger partial charge on any atom is -0.396 e. The Morgan fingerprint density at radius 1 is 1.47 bits per heavy atom. The van der Waals surface area contributed by atoms with E-state index in [0.717, 1.165) is 6.07 Å². The number of carbonyl (C=O) groups excluding carboxylic acids is 1. The van der Waals surface area contributed by atoms with Gasteiger partial charge < -0.3 is 10.6 Å². The van der Waals surface area contributed by atoms with Gasteiger partial charge in [0.2, 0.25) is 0 Å². The monoisotopic (exact) mass is 286 g/mol. The summed E-state index contributed by atoms with van der Waals surface area (Å²) in [7, 11) is -3.08. The standard InChI is InChI=1S/C12H15FN2O3S/c1-8-7-19(17,18)5-4-15(8)12(16)9-2-3-11(14)10(13)6-9/h2-3,6,8H,4-5,7,14H2,1H3. The normalized spacial score (nSPS) is 22.2. The number of hydrogen-bond donors (Lipinski definition) is 1. The molecule has 1 atom stereocenters. The highest BCUT2D eigenvalue weighted by Crippen LogP contribution is 2.18. The first-order valence-corrected chi connectivity index (χ1v) is 7.69. The predicted octanol–water partition coefficient (Wildman–Crippen LogP) is 0.667. The third-order valence-corrected chi connectivity index (χ3v) is 4.97. The van der Waals surface area contributed by atoms with Crippen molar-refractivity contribution in [3.8, 4) is 0 Å². The molecule has 1 aliphatic rings. The van der Waals surface area contributed by atoms with E-state index in [-0.39, 0.29) is 35.2 Å². The van der Waals surface area contributed by atoms with Crippen molar-refractivity contribution < 1.29 is 17.6 Å². The van der Waals surface area contributed by atoms with Crippen LogP contribution < -0.4 is 5.73 Å². The lowest BCUT2D eigenvalue weighted by molar-refractivity contribution is 0.0712. The molecule has 7 heteroatoms. The Hall–Kier alpha value is -1.63. The summed E-state index contributed by atoms with van der Waals surface area (Å²) in [5.74, 6) is -1.14. The van der Waals surface area contributed by atoms with Crippen molar-refractivity contribution in [3.05, 3.63) is 29.6 Å². The SMILES string of the molecule is CC1CS(=O)(=O)CCN1C(=O)c1ccc(N)c(F)c1. The second-order valence-electron chi connectivity index (χ2n) is 4.70. The van der Waals surface area contributed by atoms with E-state index in [1.165, 1.54) is 17.0 Å². The van der Waals surface area contributed by atoms with Gasteiger partial charge in [-0.15, -0.1) is 0 Å². The highest BCUT2D eigenvalue weighted by Gasteiger charge is 2.31. The van der Waals surface area contributed by atoms with Gasteiger partial charge in [0.05, 0.1) is 17.2 Å². The van der Waals surface area contributed by atoms with E-state index in [1.807, 2.05) is 0 Å². The summed E-state index contributed by atoms with van der Waals surface area (Å²) in [4.78, 5) is 13.7. The number of benzene rings is 1. The lowest BCUT2D eigenvalue weighted by atomic mass is 10.1. The number of amides is 1. The molecule has 0 saturated carbocycles. The molecule has 0 aliphatic carbocycles. The van der Waals surface area contributed by atoms with Gasteiger partial charge in [-0.25, -0.2) is 12.8 Å². The third-order valence-electron chi connectivity index (χ3n) is 3.18. The van der Waals surface area contributed by atoms with Crippen molar-refractivity contribution >= 4 is 21.4 Å². The summed E-state index contributed by atoms with van der Waals surface area (Å²) in [5.41, 5.74) is 5.51. The van der Waals surface area contributed by atoms with Gasteiger partial charge in [-0.3, -0.25) is 4.79 Å². The Morgan fingerprint density at radius 3 is 2.74 bits per heavy atom. The average molecular weight is 286 g/mol. The molecular weight excluding hydrogens is 271 g/mol. The van der Waals surface area contributed by atoms with E-state index in [1.54, 1.807) is 6.92 Å². The molecule has 2 rings (SSSR count). The van der Waals surface area contributed by atoms with E-state index in [9.17, 15) is 17.6 Å². The van der Waals surface area contributed by atoms with E-state index < -0.39 is 21.7 Å². The molecule has 0 spiro atoms. The first kappa shape index (κ1) is 13.8. The lowest BCUT2D eigenvalue weighted by Crippen LogP contribution is -2.49. The Kier molecular flexibility index (Phi) is 3.49. The van der Waals surface area contributed by atoms with E-state index in [0.29, 0.717) is 0 Å². The fourth-order valence-corrected chi connectivity index (χ4v) is 3.68. The molecule has 1 unspecified atom stereocenters. The summed E-state index contributed by atoms with van der Waals surface area (Å²) in [6.07, 6.45) is 0. The molecule has 19 heavy (non-hydrogen) atoms. The zero-order valence-corrected chi connectivity index (χ0v) is 11.3. The fourth-order valence-electron chi connectivity index (χ4n) is 2.13. The topological polar surface area (TPSA) is 80.5 Å². The van der Waals surface area contributed by atoms with Gasteiger partial charge in [-0.05, 0) is 25.1 Å². The largest absolute Gasteiger partial charge is 0.396 e. The maximum absolute atomic E-state index is 13.3. The van der Waals surface area contributed by atoms with Crippen LogP contribution in [-0.2, 0) is 9.84 Å². The molecule has 1 aromatic carbocycles. The summed E-state index contributed by atoms with van der Waals surface area (Å²) < 4.78 is 36.2. The zero-order chi connectivity index (χ0) is 14.2. The van der Waals surface area contributed by atoms with Gasteiger partial charge in [0.25, 0.3) is 5.91 Å². The van der Waals surface area contributed by atoms with Crippen LogP contribution >= 0.6 is 0 Å². The number of rotatable bonds is 1. The molecular formula is C12H15FN2O3S. The molecule has 0 radical (unpaired) electrons. The molecule has 1 fully saturated rings. The quantitative estimate of drug-likeness (QED) is 0.769. The predicted molar refractivity (Wildman–Crippen MR) is 70.0 cm³/mol. The van der Waals surface area contributed by atoms with Crippen LogP contribution in [0.1, 0.15) is 17.3 Å². The number of hydrogen-bond acceptors (Lipinski definition) is 4. The zero-order valence-electron chi connectivity index (χ0n) is 10.5. The molecule has 104 valence electrons. The van der Waals surface area contributed by atoms with Crippen LogP contribution in [-0.4, -0.2) is 43.3 Å². The van der Waals surface area contributed by atoms with Crippen LogP contribution in [0.2, 0.25) is 0 Å². The van der Waals surface area contributed by atoms with Gasteiger partial charge >= 0.3 is 0 Å². The number of nitrogens with two attached hydrogens (primary N) is 1. The maximum Gasteiger partial charge on any atom is 0.254 e. The minimum absolute atomic E-state index is 0.0224. The summed E-state index contributed by atoms with van der Waals surface area (Å²) in [5, 5.41) is 0. The molecule has 0 aromatic heterocycles. The Balaban J connectivity index is 2.22. The van der Waals surface area contributed by atoms with Gasteiger partial charge in [0, 0.05) is 18.2 Å². The number of nitrogen functional groups attached to an aromatic ring is 1. The van der Waals surface area contributed by atoms with Crippen LogP contribution in [0, 0.1) is 5.82 Å². The van der Waals surface area contributed by atoms with Crippen molar-refractivity contribution in [2.45, 2.75) is 13.0 Å². The van der Waals surface area contributed by atoms with E-state index in [4.69, 9.17) is 5.73 Å². The van der Waals surface area contributed by atoms with Crippen molar-refractivity contribution in [1.82, 2.24) is 4.90 Å². The van der Waals surface area contributed by atoms with Crippen molar-refractivity contribution in [2.24, 2.45) is 0 Å². The third kappa shape index (κ3) is 2.86. The van der Waals surface area contributed by atoms with Crippen molar-refractivity contribution in [2.75, 3.05) is 23.8 Å². The second-order valence-corrected chi connectivity index (χ2v) is 6.93. The first-order valence-electron chi connectivity index (χ1n) is 5.86. The molecule has 1 saturated heterocycles. The molecule has 0 bridgehead atoms. The Labute approximate surface area is 111 Å². The number of carbonyl (C=O) groups is 1. The molecule has 2 N–H and O–H groups in total. The highest BCUT2D eigenvalue weighted by atomic mass is 32.2. The number of nitrogens with zero attached hydrogens (tertiary/aromatic N) is 1. The Bertz CT molecular complexity index is 615. The molecule has 5 nitrogen and oxygen atoms in total. The number of anilines is 1. The van der Waals surface area contributed by atoms with E-state index in [2.05, 4.69) is 0 Å². The molecule has 1 aromatic rings. The minimum atomic E-state index is -3.08. The molecule has 1 aliphatic heterocycles.